The van der Waals surface area contributed by atoms with E-state index in [1.807, 2.05) is 89.6 Å². The molecule has 0 radical (unpaired) electrons. The lowest BCUT2D eigenvalue weighted by atomic mass is 10.0. The van der Waals surface area contributed by atoms with E-state index in [-0.39, 0.29) is 5.91 Å². The molecule has 4 rings (SSSR count). The maximum atomic E-state index is 13.0. The van der Waals surface area contributed by atoms with E-state index in [0.29, 0.717) is 11.3 Å². The molecule has 2 aromatic carbocycles. The van der Waals surface area contributed by atoms with Crippen molar-refractivity contribution in [2.45, 2.75) is 13.0 Å². The first-order valence-electron chi connectivity index (χ1n) is 10.1. The van der Waals surface area contributed by atoms with E-state index in [2.05, 4.69) is 5.32 Å². The Hall–Kier alpha value is -3.48. The summed E-state index contributed by atoms with van der Waals surface area (Å²) in [5, 5.41) is 6.75. The molecule has 160 valence electrons. The van der Waals surface area contributed by atoms with Crippen LogP contribution in [0.1, 0.15) is 16.7 Å². The van der Waals surface area contributed by atoms with Gasteiger partial charge in [0.25, 0.3) is 5.91 Å². The van der Waals surface area contributed by atoms with Gasteiger partial charge in [-0.15, -0.1) is 22.7 Å². The van der Waals surface area contributed by atoms with Gasteiger partial charge in [-0.05, 0) is 47.5 Å². The van der Waals surface area contributed by atoms with Crippen LogP contribution in [0.25, 0.3) is 22.8 Å². The number of esters is 1. The minimum atomic E-state index is -0.960. The second kappa shape index (κ2) is 10.2. The summed E-state index contributed by atoms with van der Waals surface area (Å²) >= 11 is 2.99. The quantitative estimate of drug-likeness (QED) is 0.251. The topological polar surface area (TPSA) is 55.4 Å². The Morgan fingerprint density at radius 3 is 2.31 bits per heavy atom. The summed E-state index contributed by atoms with van der Waals surface area (Å²) in [6.07, 6.45) is 0.840. The van der Waals surface area contributed by atoms with Crippen LogP contribution in [0.2, 0.25) is 0 Å². The van der Waals surface area contributed by atoms with Gasteiger partial charge < -0.3 is 10.1 Å². The highest BCUT2D eigenvalue weighted by atomic mass is 32.1. The van der Waals surface area contributed by atoms with Gasteiger partial charge in [0.2, 0.25) is 0 Å². The fraction of sp³-hybridized carbons (Fsp3) is 0.0769. The molecule has 4 aromatic rings. The minimum Gasteiger partial charge on any atom is -0.449 e. The van der Waals surface area contributed by atoms with Crippen LogP contribution in [0.3, 0.4) is 0 Å². The standard InChI is InChI=1S/C26H21NO3S2/c1-18(25(28)27-23-13-6-5-12-21(23)19-9-3-2-4-10-19)30-26(29)22(24-14-8-16-32-24)17-20-11-7-15-31-20/h2-18H,1H3,(H,27,28)/b22-17+/t18-/m1/s1. The summed E-state index contributed by atoms with van der Waals surface area (Å²) in [7, 11) is 0. The molecule has 4 nitrogen and oxygen atoms in total. The summed E-state index contributed by atoms with van der Waals surface area (Å²) in [5.74, 6) is -0.914. The number of anilines is 1. The molecular formula is C26H21NO3S2. The first-order valence-corrected chi connectivity index (χ1v) is 11.8. The van der Waals surface area contributed by atoms with Gasteiger partial charge in [0.1, 0.15) is 0 Å². The van der Waals surface area contributed by atoms with Crippen molar-refractivity contribution in [1.29, 1.82) is 0 Å². The molecule has 1 amide bonds. The normalized spacial score (nSPS) is 12.2. The van der Waals surface area contributed by atoms with Crippen LogP contribution in [-0.4, -0.2) is 18.0 Å². The van der Waals surface area contributed by atoms with Crippen molar-refractivity contribution in [2.24, 2.45) is 0 Å². The summed E-state index contributed by atoms with van der Waals surface area (Å²) in [6, 6.07) is 25.0. The fourth-order valence-electron chi connectivity index (χ4n) is 3.15. The second-order valence-corrected chi connectivity index (χ2v) is 8.93. The SMILES string of the molecule is C[C@@H](OC(=O)/C(=C/c1cccs1)c1cccs1)C(=O)Nc1ccccc1-c1ccccc1. The maximum absolute atomic E-state index is 13.0. The third-order valence-corrected chi connectivity index (χ3v) is 6.48. The Bertz CT molecular complexity index is 1210. The van der Waals surface area contributed by atoms with Gasteiger partial charge in [-0.2, -0.15) is 0 Å². The van der Waals surface area contributed by atoms with E-state index in [1.54, 1.807) is 13.0 Å². The largest absolute Gasteiger partial charge is 0.449 e. The molecule has 0 aliphatic heterocycles. The van der Waals surface area contributed by atoms with E-state index in [0.717, 1.165) is 20.9 Å². The van der Waals surface area contributed by atoms with Crippen LogP contribution in [-0.2, 0) is 14.3 Å². The molecule has 0 saturated heterocycles. The highest BCUT2D eigenvalue weighted by Crippen LogP contribution is 2.29. The molecule has 0 aliphatic rings. The van der Waals surface area contributed by atoms with Crippen molar-refractivity contribution in [3.63, 3.8) is 0 Å². The van der Waals surface area contributed by atoms with Crippen LogP contribution in [0.15, 0.2) is 89.6 Å². The number of para-hydroxylation sites is 1. The summed E-state index contributed by atoms with van der Waals surface area (Å²) in [5.41, 5.74) is 3.00. The molecule has 32 heavy (non-hydrogen) atoms. The zero-order valence-corrected chi connectivity index (χ0v) is 19.0. The van der Waals surface area contributed by atoms with Crippen molar-refractivity contribution < 1.29 is 14.3 Å². The number of nitrogens with one attached hydrogen (secondary N) is 1. The van der Waals surface area contributed by atoms with Crippen LogP contribution in [0.4, 0.5) is 5.69 Å². The smallest absolute Gasteiger partial charge is 0.340 e. The van der Waals surface area contributed by atoms with E-state index in [4.69, 9.17) is 4.74 Å². The Balaban J connectivity index is 1.50. The summed E-state index contributed by atoms with van der Waals surface area (Å²) in [6.45, 7) is 1.58. The van der Waals surface area contributed by atoms with E-state index in [1.165, 1.54) is 22.7 Å². The number of hydrogen-bond acceptors (Lipinski definition) is 5. The fourth-order valence-corrected chi connectivity index (χ4v) is 4.54. The van der Waals surface area contributed by atoms with Crippen LogP contribution in [0.5, 0.6) is 0 Å². The minimum absolute atomic E-state index is 0.386. The summed E-state index contributed by atoms with van der Waals surface area (Å²) in [4.78, 5) is 27.6. The Morgan fingerprint density at radius 2 is 1.59 bits per heavy atom. The molecule has 1 N–H and O–H groups in total. The van der Waals surface area contributed by atoms with Crippen molar-refractivity contribution in [2.75, 3.05) is 5.32 Å². The molecule has 0 fully saturated rings. The average molecular weight is 460 g/mol. The van der Waals surface area contributed by atoms with Gasteiger partial charge >= 0.3 is 5.97 Å². The highest BCUT2D eigenvalue weighted by Gasteiger charge is 2.23. The Morgan fingerprint density at radius 1 is 0.875 bits per heavy atom. The van der Waals surface area contributed by atoms with Crippen molar-refractivity contribution >= 4 is 51.9 Å². The lowest BCUT2D eigenvalue weighted by Gasteiger charge is -2.16. The number of carbonyl (C=O) groups excluding carboxylic acids is 2. The van der Waals surface area contributed by atoms with E-state index in [9.17, 15) is 9.59 Å². The van der Waals surface area contributed by atoms with Crippen molar-refractivity contribution in [1.82, 2.24) is 0 Å². The lowest BCUT2D eigenvalue weighted by molar-refractivity contribution is -0.147. The van der Waals surface area contributed by atoms with E-state index < -0.39 is 12.1 Å². The van der Waals surface area contributed by atoms with Crippen molar-refractivity contribution in [3.05, 3.63) is 99.4 Å². The lowest BCUT2D eigenvalue weighted by Crippen LogP contribution is -2.30. The van der Waals surface area contributed by atoms with Crippen molar-refractivity contribution in [3.8, 4) is 11.1 Å². The molecular weight excluding hydrogens is 438 g/mol. The van der Waals surface area contributed by atoms with Gasteiger partial charge in [-0.3, -0.25) is 4.79 Å². The number of amides is 1. The number of ether oxygens (including phenoxy) is 1. The first-order chi connectivity index (χ1) is 15.6. The average Bonchev–Trinajstić information content (AvgIpc) is 3.52. The molecule has 0 bridgehead atoms. The highest BCUT2D eigenvalue weighted by molar-refractivity contribution is 7.12. The number of rotatable bonds is 7. The van der Waals surface area contributed by atoms with Crippen LogP contribution < -0.4 is 5.32 Å². The first kappa shape index (κ1) is 21.7. The molecule has 0 unspecified atom stereocenters. The molecule has 0 saturated carbocycles. The Kier molecular flexibility index (Phi) is 6.94. The second-order valence-electron chi connectivity index (χ2n) is 7.00. The Labute approximate surface area is 194 Å². The number of carbonyl (C=O) groups is 2. The van der Waals surface area contributed by atoms with Gasteiger partial charge in [-0.1, -0.05) is 60.7 Å². The molecule has 2 aromatic heterocycles. The molecule has 0 aliphatic carbocycles. The third kappa shape index (κ3) is 5.22. The van der Waals surface area contributed by atoms with Crippen LogP contribution >= 0.6 is 22.7 Å². The summed E-state index contributed by atoms with van der Waals surface area (Å²) < 4.78 is 5.56. The zero-order chi connectivity index (χ0) is 22.3. The number of benzene rings is 2. The molecule has 0 spiro atoms. The number of hydrogen-bond donors (Lipinski definition) is 1. The maximum Gasteiger partial charge on any atom is 0.340 e. The number of thiophene rings is 2. The molecule has 1 atom stereocenters. The predicted octanol–water partition coefficient (Wildman–Crippen LogP) is 6.59. The van der Waals surface area contributed by atoms with Gasteiger partial charge in [-0.25, -0.2) is 4.79 Å². The van der Waals surface area contributed by atoms with Gasteiger partial charge in [0, 0.05) is 21.0 Å². The molecule has 2 heterocycles. The van der Waals surface area contributed by atoms with E-state index >= 15 is 0 Å². The van der Waals surface area contributed by atoms with Crippen LogP contribution in [0, 0.1) is 0 Å². The monoisotopic (exact) mass is 459 g/mol. The molecule has 6 heteroatoms. The third-order valence-electron chi connectivity index (χ3n) is 4.76. The van der Waals surface area contributed by atoms with Gasteiger partial charge in [0.15, 0.2) is 6.10 Å². The predicted molar refractivity (Wildman–Crippen MR) is 133 cm³/mol. The van der Waals surface area contributed by atoms with Gasteiger partial charge in [0.05, 0.1) is 5.57 Å². The zero-order valence-electron chi connectivity index (χ0n) is 17.4.